The number of hydrogen-bond acceptors (Lipinski definition) is 2. The minimum Gasteiger partial charge on any atom is -0.352 e. The highest BCUT2D eigenvalue weighted by atomic mass is 32.2. The average molecular weight is 129 g/mol. The molecule has 2 saturated heterocycles. The largest absolute Gasteiger partial charge is 0.352 e. The fourth-order valence-corrected chi connectivity index (χ4v) is 2.48. The van der Waals surface area contributed by atoms with E-state index in [-0.39, 0.29) is 5.91 Å². The standard InChI is InChI=1S/C5H7NOS/c7-5-4-1-3(6-5)2-8-4/h3-4H,1-2H2,(H,6,7). The third kappa shape index (κ3) is 0.478. The summed E-state index contributed by atoms with van der Waals surface area (Å²) in [6.45, 7) is 0. The fraction of sp³-hybridized carbons (Fsp3) is 0.800. The summed E-state index contributed by atoms with van der Waals surface area (Å²) in [5.74, 6) is 1.39. The first-order valence-electron chi connectivity index (χ1n) is 2.78. The van der Waals surface area contributed by atoms with Crippen molar-refractivity contribution in [1.29, 1.82) is 0 Å². The zero-order valence-electron chi connectivity index (χ0n) is 4.39. The second-order valence-corrected chi connectivity index (χ2v) is 3.50. The molecule has 1 N–H and O–H groups in total. The van der Waals surface area contributed by atoms with Crippen LogP contribution in [0.2, 0.25) is 0 Å². The van der Waals surface area contributed by atoms with Crippen molar-refractivity contribution in [3.05, 3.63) is 0 Å². The van der Waals surface area contributed by atoms with Crippen molar-refractivity contribution in [2.75, 3.05) is 5.75 Å². The van der Waals surface area contributed by atoms with Crippen LogP contribution in [0, 0.1) is 0 Å². The molecule has 2 nitrogen and oxygen atoms in total. The number of rotatable bonds is 0. The number of carbonyl (C=O) groups is 1. The maximum absolute atomic E-state index is 10.7. The summed E-state index contributed by atoms with van der Waals surface area (Å²) >= 11 is 1.79. The molecule has 2 rings (SSSR count). The molecular formula is C5H7NOS. The maximum Gasteiger partial charge on any atom is 0.233 e. The van der Waals surface area contributed by atoms with E-state index in [2.05, 4.69) is 5.32 Å². The third-order valence-electron chi connectivity index (χ3n) is 1.64. The lowest BCUT2D eigenvalue weighted by Gasteiger charge is -2.08. The van der Waals surface area contributed by atoms with Crippen molar-refractivity contribution >= 4 is 17.7 Å². The molecule has 0 spiro atoms. The van der Waals surface area contributed by atoms with Gasteiger partial charge in [0.05, 0.1) is 5.25 Å². The minimum atomic E-state index is 0.256. The van der Waals surface area contributed by atoms with E-state index >= 15 is 0 Å². The van der Waals surface area contributed by atoms with E-state index in [1.54, 1.807) is 11.8 Å². The fourth-order valence-electron chi connectivity index (χ4n) is 1.20. The average Bonchev–Trinajstić information content (AvgIpc) is 2.23. The van der Waals surface area contributed by atoms with Gasteiger partial charge in [-0.1, -0.05) is 0 Å². The lowest BCUT2D eigenvalue weighted by atomic mass is 10.3. The first kappa shape index (κ1) is 4.68. The first-order valence-corrected chi connectivity index (χ1v) is 3.83. The molecule has 8 heavy (non-hydrogen) atoms. The topological polar surface area (TPSA) is 29.1 Å². The Labute approximate surface area is 52.0 Å². The second-order valence-electron chi connectivity index (χ2n) is 2.26. The van der Waals surface area contributed by atoms with Gasteiger partial charge in [-0.05, 0) is 6.42 Å². The van der Waals surface area contributed by atoms with Gasteiger partial charge in [0.1, 0.15) is 0 Å². The van der Waals surface area contributed by atoms with E-state index in [0.717, 1.165) is 12.2 Å². The predicted molar refractivity (Wildman–Crippen MR) is 32.8 cm³/mol. The van der Waals surface area contributed by atoms with Gasteiger partial charge in [0.15, 0.2) is 0 Å². The zero-order valence-corrected chi connectivity index (χ0v) is 5.20. The Balaban J connectivity index is 2.22. The number of nitrogens with one attached hydrogen (secondary N) is 1. The molecule has 0 saturated carbocycles. The van der Waals surface area contributed by atoms with Crippen molar-refractivity contribution in [2.24, 2.45) is 0 Å². The predicted octanol–water partition coefficient (Wildman–Crippen LogP) is -0.00970. The molecule has 3 heteroatoms. The molecule has 0 aromatic rings. The van der Waals surface area contributed by atoms with E-state index in [1.807, 2.05) is 0 Å². The van der Waals surface area contributed by atoms with Gasteiger partial charge in [-0.2, -0.15) is 0 Å². The first-order chi connectivity index (χ1) is 3.86. The molecule has 1 amide bonds. The quantitative estimate of drug-likeness (QED) is 0.498. The van der Waals surface area contributed by atoms with Crippen LogP contribution in [0.4, 0.5) is 0 Å². The summed E-state index contributed by atoms with van der Waals surface area (Å²) in [5, 5.41) is 3.20. The van der Waals surface area contributed by atoms with E-state index in [4.69, 9.17) is 0 Å². The summed E-state index contributed by atoms with van der Waals surface area (Å²) in [5.41, 5.74) is 0. The maximum atomic E-state index is 10.7. The number of carbonyl (C=O) groups excluding carboxylic acids is 1. The third-order valence-corrected chi connectivity index (χ3v) is 3.04. The number of fused-ring (bicyclic) bond motifs is 2. The van der Waals surface area contributed by atoms with Crippen LogP contribution in [0.3, 0.4) is 0 Å². The van der Waals surface area contributed by atoms with E-state index in [1.165, 1.54) is 0 Å². The summed E-state index contributed by atoms with van der Waals surface area (Å²) in [6.07, 6.45) is 1.07. The van der Waals surface area contributed by atoms with Gasteiger partial charge in [-0.15, -0.1) is 11.8 Å². The van der Waals surface area contributed by atoms with Crippen LogP contribution in [-0.2, 0) is 4.79 Å². The highest BCUT2D eigenvalue weighted by Gasteiger charge is 2.38. The molecule has 0 radical (unpaired) electrons. The lowest BCUT2D eigenvalue weighted by molar-refractivity contribution is -0.119. The Morgan fingerprint density at radius 1 is 1.75 bits per heavy atom. The Morgan fingerprint density at radius 3 is 2.88 bits per heavy atom. The Bertz CT molecular complexity index is 136. The molecule has 2 heterocycles. The molecule has 2 aliphatic rings. The van der Waals surface area contributed by atoms with Crippen molar-refractivity contribution < 1.29 is 4.79 Å². The Morgan fingerprint density at radius 2 is 2.62 bits per heavy atom. The molecule has 0 aromatic carbocycles. The van der Waals surface area contributed by atoms with Gasteiger partial charge in [-0.3, -0.25) is 4.79 Å². The highest BCUT2D eigenvalue weighted by molar-refractivity contribution is 8.01. The lowest BCUT2D eigenvalue weighted by Crippen LogP contribution is -2.32. The van der Waals surface area contributed by atoms with Crippen LogP contribution in [0.5, 0.6) is 0 Å². The summed E-state index contributed by atoms with van der Waals surface area (Å²) in [6, 6.07) is 0.512. The molecule has 2 atom stereocenters. The second kappa shape index (κ2) is 1.41. The van der Waals surface area contributed by atoms with Crippen LogP contribution in [-0.4, -0.2) is 23.0 Å². The molecule has 0 aromatic heterocycles. The van der Waals surface area contributed by atoms with E-state index < -0.39 is 0 Å². The van der Waals surface area contributed by atoms with Crippen LogP contribution >= 0.6 is 11.8 Å². The molecule has 0 aliphatic carbocycles. The van der Waals surface area contributed by atoms with Crippen LogP contribution in [0.25, 0.3) is 0 Å². The van der Waals surface area contributed by atoms with Crippen molar-refractivity contribution in [3.8, 4) is 0 Å². The summed E-state index contributed by atoms with van der Waals surface area (Å²) < 4.78 is 0. The SMILES string of the molecule is O=C1NC2CSC1C2. The van der Waals surface area contributed by atoms with Gasteiger partial charge < -0.3 is 5.32 Å². The van der Waals surface area contributed by atoms with Crippen molar-refractivity contribution in [2.45, 2.75) is 17.7 Å². The highest BCUT2D eigenvalue weighted by Crippen LogP contribution is 2.31. The van der Waals surface area contributed by atoms with Crippen LogP contribution in [0.15, 0.2) is 0 Å². The number of thioether (sulfide) groups is 1. The van der Waals surface area contributed by atoms with Gasteiger partial charge in [0.25, 0.3) is 0 Å². The molecule has 2 unspecified atom stereocenters. The van der Waals surface area contributed by atoms with E-state index in [0.29, 0.717) is 11.3 Å². The molecular weight excluding hydrogens is 122 g/mol. The van der Waals surface area contributed by atoms with Crippen LogP contribution in [0.1, 0.15) is 6.42 Å². The smallest absolute Gasteiger partial charge is 0.233 e. The number of hydrogen-bond donors (Lipinski definition) is 1. The normalized spacial score (nSPS) is 42.8. The molecule has 2 bridgehead atoms. The molecule has 2 fully saturated rings. The van der Waals surface area contributed by atoms with Gasteiger partial charge >= 0.3 is 0 Å². The number of amides is 1. The molecule has 2 aliphatic heterocycles. The van der Waals surface area contributed by atoms with Crippen molar-refractivity contribution in [3.63, 3.8) is 0 Å². The minimum absolute atomic E-state index is 0.256. The summed E-state index contributed by atoms with van der Waals surface area (Å²) in [4.78, 5) is 10.7. The zero-order chi connectivity index (χ0) is 5.56. The van der Waals surface area contributed by atoms with Crippen LogP contribution < -0.4 is 5.32 Å². The van der Waals surface area contributed by atoms with Gasteiger partial charge in [-0.25, -0.2) is 0 Å². The van der Waals surface area contributed by atoms with Crippen molar-refractivity contribution in [1.82, 2.24) is 5.32 Å². The monoisotopic (exact) mass is 129 g/mol. The Hall–Kier alpha value is -0.180. The van der Waals surface area contributed by atoms with Gasteiger partial charge in [0.2, 0.25) is 5.91 Å². The summed E-state index contributed by atoms with van der Waals surface area (Å²) in [7, 11) is 0. The Kier molecular flexibility index (Phi) is 0.821. The molecule has 44 valence electrons. The van der Waals surface area contributed by atoms with Gasteiger partial charge in [0, 0.05) is 11.8 Å². The van der Waals surface area contributed by atoms with E-state index in [9.17, 15) is 4.79 Å².